The Morgan fingerprint density at radius 1 is 1.26 bits per heavy atom. The minimum Gasteiger partial charge on any atom is -0.435 e. The fourth-order valence-electron chi connectivity index (χ4n) is 2.89. The number of alkyl halides is 2. The molecule has 1 amide bonds. The van der Waals surface area contributed by atoms with Gasteiger partial charge in [0.05, 0.1) is 10.6 Å². The Bertz CT molecular complexity index is 963. The maximum absolute atomic E-state index is 12.6. The highest BCUT2D eigenvalue weighted by molar-refractivity contribution is 7.16. The highest BCUT2D eigenvalue weighted by Crippen LogP contribution is 2.43. The number of anilines is 1. The summed E-state index contributed by atoms with van der Waals surface area (Å²) in [4.78, 5) is 18.8. The number of carbonyl (C=O) groups excluding carboxylic acids is 1. The van der Waals surface area contributed by atoms with E-state index in [1.165, 1.54) is 34.8 Å². The predicted octanol–water partition coefficient (Wildman–Crippen LogP) is 5.91. The van der Waals surface area contributed by atoms with Crippen LogP contribution in [0.3, 0.4) is 0 Å². The maximum Gasteiger partial charge on any atom is 0.387 e. The first-order chi connectivity index (χ1) is 13.0. The van der Waals surface area contributed by atoms with Crippen LogP contribution in [0.15, 0.2) is 35.7 Å². The van der Waals surface area contributed by atoms with Crippen molar-refractivity contribution >= 4 is 33.7 Å². The van der Waals surface area contributed by atoms with Crippen molar-refractivity contribution in [2.45, 2.75) is 32.3 Å². The van der Waals surface area contributed by atoms with Crippen LogP contribution in [0.5, 0.6) is 5.75 Å². The minimum absolute atomic E-state index is 0.0976. The molecule has 0 saturated heterocycles. The Balaban J connectivity index is 1.51. The first kappa shape index (κ1) is 18.1. The molecule has 2 aromatic heterocycles. The van der Waals surface area contributed by atoms with E-state index in [1.807, 2.05) is 18.4 Å². The van der Waals surface area contributed by atoms with E-state index in [0.717, 1.165) is 33.7 Å². The Kier molecular flexibility index (Phi) is 4.92. The molecule has 0 aliphatic heterocycles. The summed E-state index contributed by atoms with van der Waals surface area (Å²) in [6, 6.07) is 8.34. The molecule has 1 fully saturated rings. The second-order valence-electron chi connectivity index (χ2n) is 6.26. The van der Waals surface area contributed by atoms with Crippen molar-refractivity contribution in [2.75, 3.05) is 5.32 Å². The van der Waals surface area contributed by atoms with Crippen LogP contribution in [0.2, 0.25) is 0 Å². The van der Waals surface area contributed by atoms with Gasteiger partial charge in [-0.3, -0.25) is 10.1 Å². The van der Waals surface area contributed by atoms with E-state index in [1.54, 1.807) is 12.1 Å². The van der Waals surface area contributed by atoms with Crippen LogP contribution in [0.1, 0.15) is 38.9 Å². The van der Waals surface area contributed by atoms with Crippen molar-refractivity contribution in [3.63, 3.8) is 0 Å². The standard InChI is InChI=1S/C19H16F2N2O2S2/c1-10-15(12-4-6-13(7-5-12)25-18(20)21)22-19(27-10)23-17(24)16-14(8-9-26-16)11-2-3-11/h4-9,11,18H,2-3H2,1H3,(H,22,23,24). The van der Waals surface area contributed by atoms with Crippen molar-refractivity contribution in [3.8, 4) is 17.0 Å². The molecule has 0 atom stereocenters. The quantitative estimate of drug-likeness (QED) is 0.554. The number of hydrogen-bond acceptors (Lipinski definition) is 5. The number of ether oxygens (including phenoxy) is 1. The van der Waals surface area contributed by atoms with Crippen LogP contribution in [-0.4, -0.2) is 17.5 Å². The van der Waals surface area contributed by atoms with Crippen LogP contribution < -0.4 is 10.1 Å². The zero-order valence-electron chi connectivity index (χ0n) is 14.4. The smallest absolute Gasteiger partial charge is 0.387 e. The van der Waals surface area contributed by atoms with Crippen molar-refractivity contribution in [3.05, 3.63) is 51.0 Å². The van der Waals surface area contributed by atoms with Gasteiger partial charge >= 0.3 is 6.61 Å². The van der Waals surface area contributed by atoms with Gasteiger partial charge in [-0.15, -0.1) is 22.7 Å². The molecule has 4 nitrogen and oxygen atoms in total. The van der Waals surface area contributed by atoms with Gasteiger partial charge in [-0.1, -0.05) is 0 Å². The van der Waals surface area contributed by atoms with E-state index in [4.69, 9.17) is 0 Å². The number of hydrogen-bond donors (Lipinski definition) is 1. The van der Waals surface area contributed by atoms with E-state index >= 15 is 0 Å². The predicted molar refractivity (Wildman–Crippen MR) is 103 cm³/mol. The van der Waals surface area contributed by atoms with E-state index in [9.17, 15) is 13.6 Å². The van der Waals surface area contributed by atoms with Crippen LogP contribution in [0, 0.1) is 6.92 Å². The Labute approximate surface area is 162 Å². The van der Waals surface area contributed by atoms with E-state index in [2.05, 4.69) is 15.0 Å². The molecule has 3 aromatic rings. The van der Waals surface area contributed by atoms with Gasteiger partial charge in [-0.05, 0) is 67.0 Å². The highest BCUT2D eigenvalue weighted by Gasteiger charge is 2.29. The average Bonchev–Trinajstić information content (AvgIpc) is 3.23. The van der Waals surface area contributed by atoms with Crippen LogP contribution in [0.4, 0.5) is 13.9 Å². The second kappa shape index (κ2) is 7.36. The molecule has 27 heavy (non-hydrogen) atoms. The summed E-state index contributed by atoms with van der Waals surface area (Å²) in [5, 5.41) is 5.36. The molecule has 0 radical (unpaired) electrons. The third-order valence-electron chi connectivity index (χ3n) is 4.29. The summed E-state index contributed by atoms with van der Waals surface area (Å²) >= 11 is 2.84. The van der Waals surface area contributed by atoms with Crippen molar-refractivity contribution in [1.82, 2.24) is 4.98 Å². The largest absolute Gasteiger partial charge is 0.435 e. The summed E-state index contributed by atoms with van der Waals surface area (Å²) < 4.78 is 28.9. The van der Waals surface area contributed by atoms with E-state index in [-0.39, 0.29) is 11.7 Å². The number of benzene rings is 1. The summed E-state index contributed by atoms with van der Waals surface area (Å²) in [5.41, 5.74) is 2.62. The zero-order chi connectivity index (χ0) is 19.0. The third-order valence-corrected chi connectivity index (χ3v) is 6.10. The zero-order valence-corrected chi connectivity index (χ0v) is 16.0. The molecule has 1 aliphatic carbocycles. The van der Waals surface area contributed by atoms with E-state index in [0.29, 0.717) is 16.7 Å². The molecule has 1 aliphatic rings. The first-order valence-corrected chi connectivity index (χ1v) is 10.1. The second-order valence-corrected chi connectivity index (χ2v) is 8.38. The molecule has 0 bridgehead atoms. The lowest BCUT2D eigenvalue weighted by Gasteiger charge is -2.05. The normalized spacial score (nSPS) is 13.8. The van der Waals surface area contributed by atoms with Gasteiger partial charge in [0, 0.05) is 10.4 Å². The van der Waals surface area contributed by atoms with Crippen LogP contribution in [0.25, 0.3) is 11.3 Å². The first-order valence-electron chi connectivity index (χ1n) is 8.42. The average molecular weight is 406 g/mol. The molecule has 0 spiro atoms. The summed E-state index contributed by atoms with van der Waals surface area (Å²) in [7, 11) is 0. The fraction of sp³-hybridized carbons (Fsp3) is 0.263. The number of thiazole rings is 1. The molecule has 8 heteroatoms. The SMILES string of the molecule is Cc1sc(NC(=O)c2sccc2C2CC2)nc1-c1ccc(OC(F)F)cc1. The third kappa shape index (κ3) is 4.01. The Morgan fingerprint density at radius 3 is 2.67 bits per heavy atom. The van der Waals surface area contributed by atoms with Gasteiger partial charge in [0.15, 0.2) is 5.13 Å². The Morgan fingerprint density at radius 2 is 2.00 bits per heavy atom. The fourth-order valence-corrected chi connectivity index (χ4v) is 4.60. The maximum atomic E-state index is 12.6. The molecule has 2 heterocycles. The number of carbonyl (C=O) groups is 1. The van der Waals surface area contributed by atoms with Crippen molar-refractivity contribution in [2.24, 2.45) is 0 Å². The molecular formula is C19H16F2N2O2S2. The topological polar surface area (TPSA) is 51.2 Å². The lowest BCUT2D eigenvalue weighted by atomic mass is 10.1. The number of amides is 1. The molecule has 1 N–H and O–H groups in total. The molecule has 1 aromatic carbocycles. The van der Waals surface area contributed by atoms with Gasteiger partial charge in [-0.2, -0.15) is 8.78 Å². The Hall–Kier alpha value is -2.32. The lowest BCUT2D eigenvalue weighted by molar-refractivity contribution is -0.0498. The number of rotatable bonds is 6. The van der Waals surface area contributed by atoms with Gasteiger partial charge in [0.25, 0.3) is 5.91 Å². The van der Waals surface area contributed by atoms with Crippen molar-refractivity contribution < 1.29 is 18.3 Å². The van der Waals surface area contributed by atoms with Gasteiger partial charge in [-0.25, -0.2) is 4.98 Å². The monoisotopic (exact) mass is 406 g/mol. The van der Waals surface area contributed by atoms with Crippen LogP contribution >= 0.6 is 22.7 Å². The lowest BCUT2D eigenvalue weighted by Crippen LogP contribution is -2.11. The molecule has 1 saturated carbocycles. The van der Waals surface area contributed by atoms with E-state index < -0.39 is 6.61 Å². The summed E-state index contributed by atoms with van der Waals surface area (Å²) in [5.74, 6) is 0.480. The number of nitrogens with one attached hydrogen (secondary N) is 1. The molecule has 4 rings (SSSR count). The van der Waals surface area contributed by atoms with Crippen LogP contribution in [-0.2, 0) is 0 Å². The number of aryl methyl sites for hydroxylation is 1. The molecule has 140 valence electrons. The number of nitrogens with zero attached hydrogens (tertiary/aromatic N) is 1. The number of thiophene rings is 1. The summed E-state index contributed by atoms with van der Waals surface area (Å²) in [6.07, 6.45) is 2.28. The highest BCUT2D eigenvalue weighted by atomic mass is 32.1. The van der Waals surface area contributed by atoms with Gasteiger partial charge in [0.1, 0.15) is 5.75 Å². The van der Waals surface area contributed by atoms with Crippen molar-refractivity contribution in [1.29, 1.82) is 0 Å². The van der Waals surface area contributed by atoms with Gasteiger partial charge < -0.3 is 4.74 Å². The molecule has 0 unspecified atom stereocenters. The van der Waals surface area contributed by atoms with Gasteiger partial charge in [0.2, 0.25) is 0 Å². The minimum atomic E-state index is -2.85. The number of halogens is 2. The summed E-state index contributed by atoms with van der Waals surface area (Å²) in [6.45, 7) is -0.941. The molecular weight excluding hydrogens is 390 g/mol. The number of aromatic nitrogens is 1.